The van der Waals surface area contributed by atoms with Gasteiger partial charge in [-0.1, -0.05) is 12.1 Å². The maximum Gasteiger partial charge on any atom is 0.270 e. The van der Waals surface area contributed by atoms with Crippen molar-refractivity contribution in [1.82, 2.24) is 30.0 Å². The second-order valence-corrected chi connectivity index (χ2v) is 7.92. The van der Waals surface area contributed by atoms with Crippen LogP contribution in [0.15, 0.2) is 73.2 Å². The van der Waals surface area contributed by atoms with Crippen LogP contribution in [0.1, 0.15) is 24.3 Å². The molecular weight excluding hydrogens is 426 g/mol. The summed E-state index contributed by atoms with van der Waals surface area (Å²) in [6, 6.07) is 17.7. The summed E-state index contributed by atoms with van der Waals surface area (Å²) < 4.78 is 0. The second-order valence-electron chi connectivity index (χ2n) is 7.92. The van der Waals surface area contributed by atoms with Crippen molar-refractivity contribution in [3.63, 3.8) is 0 Å². The van der Waals surface area contributed by atoms with Gasteiger partial charge in [0.05, 0.1) is 6.20 Å². The van der Waals surface area contributed by atoms with E-state index >= 15 is 0 Å². The fraction of sp³-hybridized carbons (Fsp3) is 0.154. The fourth-order valence-electron chi connectivity index (χ4n) is 3.94. The molecule has 5 aromatic rings. The Morgan fingerprint density at radius 2 is 1.76 bits per heavy atom. The van der Waals surface area contributed by atoms with Crippen LogP contribution in [0.2, 0.25) is 0 Å². The molecular formula is C26H25N7O. The normalized spacial score (nSPS) is 11.0. The summed E-state index contributed by atoms with van der Waals surface area (Å²) >= 11 is 0. The number of benzene rings is 2. The highest BCUT2D eigenvalue weighted by molar-refractivity contribution is 5.98. The summed E-state index contributed by atoms with van der Waals surface area (Å²) in [5.74, 6) is 1.32. The Balaban J connectivity index is 1.37. The van der Waals surface area contributed by atoms with E-state index in [2.05, 4.69) is 25.5 Å². The van der Waals surface area contributed by atoms with E-state index in [1.165, 1.54) is 0 Å². The van der Waals surface area contributed by atoms with Crippen LogP contribution in [0, 0.1) is 0 Å². The van der Waals surface area contributed by atoms with Crippen molar-refractivity contribution in [2.45, 2.75) is 13.8 Å². The summed E-state index contributed by atoms with van der Waals surface area (Å²) in [4.78, 5) is 26.9. The van der Waals surface area contributed by atoms with Crippen LogP contribution in [0.5, 0.6) is 0 Å². The van der Waals surface area contributed by atoms with Gasteiger partial charge in [0.25, 0.3) is 5.91 Å². The summed E-state index contributed by atoms with van der Waals surface area (Å²) in [5, 5.41) is 11.1. The zero-order valence-electron chi connectivity index (χ0n) is 19.0. The minimum atomic E-state index is 0.00369. The highest BCUT2D eigenvalue weighted by Gasteiger charge is 2.15. The van der Waals surface area contributed by atoms with Gasteiger partial charge in [-0.05, 0) is 61.9 Å². The van der Waals surface area contributed by atoms with E-state index in [1.807, 2.05) is 74.6 Å². The first-order valence-electron chi connectivity index (χ1n) is 11.3. The van der Waals surface area contributed by atoms with Crippen LogP contribution >= 0.6 is 0 Å². The van der Waals surface area contributed by atoms with Crippen molar-refractivity contribution in [2.75, 3.05) is 18.4 Å². The maximum atomic E-state index is 12.7. The van der Waals surface area contributed by atoms with Gasteiger partial charge in [0.2, 0.25) is 0 Å². The highest BCUT2D eigenvalue weighted by Crippen LogP contribution is 2.26. The first-order valence-corrected chi connectivity index (χ1v) is 11.3. The van der Waals surface area contributed by atoms with Crippen LogP contribution in [0.3, 0.4) is 0 Å². The lowest BCUT2D eigenvalue weighted by atomic mass is 10.1. The summed E-state index contributed by atoms with van der Waals surface area (Å²) in [6.07, 6.45) is 5.40. The third-order valence-corrected chi connectivity index (χ3v) is 5.80. The molecule has 3 N–H and O–H groups in total. The van der Waals surface area contributed by atoms with Gasteiger partial charge in [-0.3, -0.25) is 9.89 Å². The molecule has 0 saturated carbocycles. The van der Waals surface area contributed by atoms with Crippen molar-refractivity contribution in [2.24, 2.45) is 0 Å². The molecule has 8 nitrogen and oxygen atoms in total. The van der Waals surface area contributed by atoms with Gasteiger partial charge in [-0.15, -0.1) is 0 Å². The maximum absolute atomic E-state index is 12.7. The number of hydrogen-bond donors (Lipinski definition) is 3. The molecule has 0 radical (unpaired) electrons. The van der Waals surface area contributed by atoms with E-state index in [9.17, 15) is 4.79 Å². The molecule has 0 unspecified atom stereocenters. The third kappa shape index (κ3) is 4.25. The number of carbonyl (C=O) groups is 1. The monoisotopic (exact) mass is 451 g/mol. The van der Waals surface area contributed by atoms with E-state index in [4.69, 9.17) is 4.98 Å². The number of anilines is 2. The van der Waals surface area contributed by atoms with Crippen molar-refractivity contribution >= 4 is 28.3 Å². The molecule has 0 aliphatic rings. The molecule has 34 heavy (non-hydrogen) atoms. The lowest BCUT2D eigenvalue weighted by Gasteiger charge is -2.17. The predicted octanol–water partition coefficient (Wildman–Crippen LogP) is 5.24. The van der Waals surface area contributed by atoms with Gasteiger partial charge in [-0.25, -0.2) is 9.97 Å². The molecule has 0 bridgehead atoms. The quantitative estimate of drug-likeness (QED) is 0.314. The number of rotatable bonds is 7. The van der Waals surface area contributed by atoms with Crippen LogP contribution in [-0.2, 0) is 0 Å². The van der Waals surface area contributed by atoms with Crippen molar-refractivity contribution in [1.29, 1.82) is 0 Å². The molecule has 0 aliphatic carbocycles. The van der Waals surface area contributed by atoms with Gasteiger partial charge in [0.15, 0.2) is 5.82 Å². The van der Waals surface area contributed by atoms with E-state index in [0.29, 0.717) is 30.4 Å². The molecule has 170 valence electrons. The average Bonchev–Trinajstić information content (AvgIpc) is 3.55. The molecule has 2 aromatic carbocycles. The van der Waals surface area contributed by atoms with Gasteiger partial charge in [-0.2, -0.15) is 5.10 Å². The van der Waals surface area contributed by atoms with Crippen LogP contribution in [0.25, 0.3) is 33.4 Å². The number of nitrogens with one attached hydrogen (secondary N) is 3. The van der Waals surface area contributed by atoms with Crippen molar-refractivity contribution in [3.8, 4) is 22.5 Å². The molecule has 3 heterocycles. The number of carbonyl (C=O) groups excluding carboxylic acids is 1. The summed E-state index contributed by atoms with van der Waals surface area (Å²) in [7, 11) is 0. The number of aromatic amines is 2. The molecule has 1 amide bonds. The highest BCUT2D eigenvalue weighted by atomic mass is 16.2. The molecule has 0 spiro atoms. The van der Waals surface area contributed by atoms with Gasteiger partial charge in [0, 0.05) is 53.2 Å². The SMILES string of the molecule is CCN(CC)C(=O)c1cc2cc(-c3nccc(Nc4ccc(-c5cn[nH]c5)cc4)n3)ccc2[nH]1. The number of hydrogen-bond acceptors (Lipinski definition) is 5. The van der Waals surface area contributed by atoms with E-state index in [0.717, 1.165) is 33.3 Å². The van der Waals surface area contributed by atoms with Crippen molar-refractivity contribution in [3.05, 3.63) is 78.9 Å². The standard InChI is InChI=1S/C26H25N7O/c1-3-33(4-2)26(34)23-14-19-13-18(7-10-22(19)31-23)25-27-12-11-24(32-25)30-21-8-5-17(6-9-21)20-15-28-29-16-20/h5-16,31H,3-4H2,1-2H3,(H,28,29)(H,27,30,32). The van der Waals surface area contributed by atoms with E-state index in [-0.39, 0.29) is 5.91 Å². The van der Waals surface area contributed by atoms with Gasteiger partial charge >= 0.3 is 0 Å². The Hall–Kier alpha value is -4.46. The van der Waals surface area contributed by atoms with Crippen LogP contribution in [-0.4, -0.2) is 49.0 Å². The molecule has 0 aliphatic heterocycles. The fourth-order valence-corrected chi connectivity index (χ4v) is 3.94. The smallest absolute Gasteiger partial charge is 0.270 e. The zero-order chi connectivity index (χ0) is 23.5. The summed E-state index contributed by atoms with van der Waals surface area (Å²) in [5.41, 5.74) is 5.43. The first-order chi connectivity index (χ1) is 16.6. The van der Waals surface area contributed by atoms with Gasteiger partial charge in [0.1, 0.15) is 11.5 Å². The molecule has 8 heteroatoms. The molecule has 0 saturated heterocycles. The van der Waals surface area contributed by atoms with E-state index < -0.39 is 0 Å². The summed E-state index contributed by atoms with van der Waals surface area (Å²) in [6.45, 7) is 5.31. The number of nitrogens with zero attached hydrogens (tertiary/aromatic N) is 4. The zero-order valence-corrected chi connectivity index (χ0v) is 19.0. The Morgan fingerprint density at radius 1 is 0.971 bits per heavy atom. The average molecular weight is 452 g/mol. The third-order valence-electron chi connectivity index (χ3n) is 5.80. The number of aromatic nitrogens is 5. The molecule has 5 rings (SSSR count). The Morgan fingerprint density at radius 3 is 2.50 bits per heavy atom. The van der Waals surface area contributed by atoms with Gasteiger partial charge < -0.3 is 15.2 Å². The Kier molecular flexibility index (Phi) is 5.78. The molecule has 0 fully saturated rings. The largest absolute Gasteiger partial charge is 0.351 e. The molecule has 3 aromatic heterocycles. The lowest BCUT2D eigenvalue weighted by Crippen LogP contribution is -2.30. The second kappa shape index (κ2) is 9.19. The minimum absolute atomic E-state index is 0.00369. The minimum Gasteiger partial charge on any atom is -0.351 e. The number of amides is 1. The predicted molar refractivity (Wildman–Crippen MR) is 134 cm³/mol. The number of fused-ring (bicyclic) bond motifs is 1. The topological polar surface area (TPSA) is 103 Å². The first kappa shape index (κ1) is 21.4. The van der Waals surface area contributed by atoms with Crippen LogP contribution < -0.4 is 5.32 Å². The van der Waals surface area contributed by atoms with Crippen molar-refractivity contribution < 1.29 is 4.79 Å². The number of H-pyrrole nitrogens is 2. The Bertz CT molecular complexity index is 1420. The lowest BCUT2D eigenvalue weighted by molar-refractivity contribution is 0.0768. The van der Waals surface area contributed by atoms with E-state index in [1.54, 1.807) is 17.3 Å². The Labute approximate surface area is 197 Å². The molecule has 0 atom stereocenters. The van der Waals surface area contributed by atoms with Crippen LogP contribution in [0.4, 0.5) is 11.5 Å².